The summed E-state index contributed by atoms with van der Waals surface area (Å²) in [6.07, 6.45) is 1.52. The monoisotopic (exact) mass is 627 g/mol. The number of phenols is 1. The van der Waals surface area contributed by atoms with E-state index >= 15 is 0 Å². The Hall–Kier alpha value is -2.33. The zero-order chi connectivity index (χ0) is 19.9. The quantitative estimate of drug-likeness (QED) is 0.318. The Bertz CT molecular complexity index is 1010. The van der Waals surface area contributed by atoms with Gasteiger partial charge in [0.2, 0.25) is 0 Å². The number of nitrogens with zero attached hydrogens (tertiary/aromatic N) is 1. The predicted octanol–water partition coefficient (Wildman–Crippen LogP) is 4.75. The summed E-state index contributed by atoms with van der Waals surface area (Å²) in [5.74, 6) is -0.108. The molecule has 1 amide bonds. The summed E-state index contributed by atoms with van der Waals surface area (Å²) < 4.78 is 0. The van der Waals surface area contributed by atoms with E-state index in [0.29, 0.717) is 28.3 Å². The van der Waals surface area contributed by atoms with Crippen molar-refractivity contribution in [2.75, 3.05) is 0 Å². The third-order valence-electron chi connectivity index (χ3n) is 4.21. The number of benzene rings is 3. The van der Waals surface area contributed by atoms with Gasteiger partial charge in [-0.2, -0.15) is 10.00 Å². The van der Waals surface area contributed by atoms with Crippen molar-refractivity contribution in [1.82, 2.24) is 5.43 Å². The Kier molecular flexibility index (Phi) is 8.72. The minimum atomic E-state index is -0.307. The molecule has 7 heteroatoms. The Labute approximate surface area is 199 Å². The number of carbonyl (C=O) groups is 1. The molecule has 0 radical (unpaired) electrons. The van der Waals surface area contributed by atoms with E-state index in [1.807, 2.05) is 30.3 Å². The van der Waals surface area contributed by atoms with Gasteiger partial charge in [0.1, 0.15) is 5.75 Å². The number of hydrogen-bond donors (Lipinski definition) is 2. The molecule has 0 heterocycles. The maximum atomic E-state index is 12.0. The number of hydrazone groups is 1. The fourth-order valence-electron chi connectivity index (χ4n) is 2.88. The van der Waals surface area contributed by atoms with E-state index in [4.69, 9.17) is 18.4 Å². The second-order valence-corrected chi connectivity index (χ2v) is 6.68. The zero-order valence-electron chi connectivity index (χ0n) is 15.6. The number of hydrogen-bond acceptors (Lipinski definition) is 4. The second-order valence-electron chi connectivity index (χ2n) is 6.20. The van der Waals surface area contributed by atoms with Crippen LogP contribution < -0.4 is 5.43 Å². The van der Waals surface area contributed by atoms with Crippen LogP contribution in [0.25, 0.3) is 5.73 Å². The van der Waals surface area contributed by atoms with Gasteiger partial charge in [-0.1, -0.05) is 60.7 Å². The predicted molar refractivity (Wildman–Crippen MR) is 113 cm³/mol. The van der Waals surface area contributed by atoms with Crippen LogP contribution in [0.5, 0.6) is 5.75 Å². The molecule has 3 aromatic rings. The molecular formula is C22H19N3O2SU. The summed E-state index contributed by atoms with van der Waals surface area (Å²) in [4.78, 5) is 12.6. The maximum Gasteiger partial charge on any atom is 2.00 e. The van der Waals surface area contributed by atoms with Crippen LogP contribution in [-0.2, 0) is 19.0 Å². The number of nitrogens with one attached hydrogen (secondary N) is 2. The molecule has 4 rings (SSSR count). The summed E-state index contributed by atoms with van der Waals surface area (Å²) in [6.45, 7) is 0. The number of carbonyl (C=O) groups excluding carboxylic acids is 1. The van der Waals surface area contributed by atoms with E-state index in [2.05, 4.69) is 10.5 Å². The molecular weight excluding hydrogens is 608 g/mol. The Balaban J connectivity index is 0.000000319. The minimum Gasteiger partial charge on any atom is -0.780 e. The number of aromatic hydroxyl groups is 1. The number of rotatable bonds is 2. The van der Waals surface area contributed by atoms with Crippen molar-refractivity contribution in [2.24, 2.45) is 5.10 Å². The first-order valence-electron chi connectivity index (χ1n) is 8.76. The Morgan fingerprint density at radius 2 is 1.72 bits per heavy atom. The molecule has 0 aliphatic heterocycles. The average Bonchev–Trinajstić information content (AvgIpc) is 3.12. The first kappa shape index (κ1) is 23.0. The summed E-state index contributed by atoms with van der Waals surface area (Å²) >= 11 is 5.03. The van der Waals surface area contributed by atoms with Gasteiger partial charge in [-0.25, -0.2) is 5.43 Å². The molecule has 0 saturated carbocycles. The van der Waals surface area contributed by atoms with Crippen LogP contribution in [0.1, 0.15) is 27.9 Å². The molecule has 0 bridgehead atoms. The van der Waals surface area contributed by atoms with Crippen molar-refractivity contribution < 1.29 is 41.0 Å². The largest absolute Gasteiger partial charge is 2.00 e. The van der Waals surface area contributed by atoms with Gasteiger partial charge in [0.25, 0.3) is 5.91 Å². The molecule has 1 aliphatic carbocycles. The first-order chi connectivity index (χ1) is 13.5. The van der Waals surface area contributed by atoms with Gasteiger partial charge < -0.3 is 23.5 Å². The summed E-state index contributed by atoms with van der Waals surface area (Å²) in [7, 11) is 0. The van der Waals surface area contributed by atoms with Crippen LogP contribution in [0.15, 0.2) is 82.8 Å². The smallest absolute Gasteiger partial charge is 0.780 e. The molecule has 0 unspecified atom stereocenters. The van der Waals surface area contributed by atoms with Gasteiger partial charge in [-0.3, -0.25) is 4.79 Å². The van der Waals surface area contributed by atoms with E-state index in [1.165, 1.54) is 0 Å². The van der Waals surface area contributed by atoms with Gasteiger partial charge in [-0.05, 0) is 30.5 Å². The fraction of sp³-hybridized carbons (Fsp3) is 0.0909. The summed E-state index contributed by atoms with van der Waals surface area (Å²) in [5, 5.41) is 14.1. The molecule has 3 N–H and O–H groups in total. The number of aryl methyl sites for hydroxylation is 1. The van der Waals surface area contributed by atoms with Gasteiger partial charge in [0.05, 0.1) is 5.71 Å². The van der Waals surface area contributed by atoms with Crippen molar-refractivity contribution in [3.8, 4) is 5.75 Å². The molecule has 0 aromatic heterocycles. The van der Waals surface area contributed by atoms with E-state index in [-0.39, 0.29) is 42.8 Å². The topological polar surface area (TPSA) is 85.5 Å². The summed E-state index contributed by atoms with van der Waals surface area (Å²) in [6, 6.07) is 21.3. The van der Waals surface area contributed by atoms with Crippen molar-refractivity contribution >= 4 is 29.9 Å². The SMILES string of the molecule is O=C(N/N=C1\CCc2cccc(O)c21)c1cccc([S-])c1.[NH-]c1ccccc1.[U+2]. The molecule has 5 nitrogen and oxygen atoms in total. The number of fused-ring (bicyclic) bond motifs is 1. The molecule has 1 aliphatic rings. The molecule has 144 valence electrons. The molecule has 0 saturated heterocycles. The molecule has 0 fully saturated rings. The second kappa shape index (κ2) is 11.0. The minimum absolute atomic E-state index is 0. The summed E-state index contributed by atoms with van der Waals surface area (Å²) in [5.41, 5.74) is 13.1. The van der Waals surface area contributed by atoms with Crippen molar-refractivity contribution in [3.05, 3.63) is 95.2 Å². The Morgan fingerprint density at radius 1 is 1.00 bits per heavy atom. The van der Waals surface area contributed by atoms with Crippen LogP contribution in [0.4, 0.5) is 5.69 Å². The molecule has 0 atom stereocenters. The number of phenolic OH excluding ortho intramolecular Hbond substituents is 1. The van der Waals surface area contributed by atoms with Crippen LogP contribution in [0.3, 0.4) is 0 Å². The first-order valence-corrected chi connectivity index (χ1v) is 9.17. The van der Waals surface area contributed by atoms with Gasteiger partial charge in [0, 0.05) is 11.1 Å². The van der Waals surface area contributed by atoms with Crippen LogP contribution in [-0.4, -0.2) is 16.7 Å². The van der Waals surface area contributed by atoms with Crippen LogP contribution >= 0.6 is 0 Å². The van der Waals surface area contributed by atoms with Crippen molar-refractivity contribution in [2.45, 2.75) is 17.7 Å². The van der Waals surface area contributed by atoms with Crippen LogP contribution in [0.2, 0.25) is 0 Å². The van der Waals surface area contributed by atoms with E-state index in [0.717, 1.165) is 17.5 Å². The molecule has 3 aromatic carbocycles. The van der Waals surface area contributed by atoms with E-state index in [9.17, 15) is 9.90 Å². The van der Waals surface area contributed by atoms with E-state index < -0.39 is 0 Å². The van der Waals surface area contributed by atoms with Gasteiger partial charge in [0.15, 0.2) is 0 Å². The van der Waals surface area contributed by atoms with Gasteiger partial charge in [-0.15, -0.1) is 5.69 Å². The fourth-order valence-corrected chi connectivity index (χ4v) is 3.08. The van der Waals surface area contributed by atoms with Crippen molar-refractivity contribution in [1.29, 1.82) is 0 Å². The Morgan fingerprint density at radius 3 is 2.38 bits per heavy atom. The van der Waals surface area contributed by atoms with Crippen LogP contribution in [0, 0.1) is 31.1 Å². The van der Waals surface area contributed by atoms with Gasteiger partial charge >= 0.3 is 31.1 Å². The molecule has 0 spiro atoms. The third-order valence-corrected chi connectivity index (χ3v) is 4.46. The molecule has 29 heavy (non-hydrogen) atoms. The normalized spacial score (nSPS) is 12.9. The zero-order valence-corrected chi connectivity index (χ0v) is 20.5. The standard InChI is InChI=1S/C16H14N2O2S.C6H6N.U/c19-14-6-2-3-10-7-8-13(15(10)14)17-18-16(20)11-4-1-5-12(21)9-11;7-6-4-2-1-3-5-6;/h1-6,9,19,21H,7-8H2,(H,18,20);1-5,7H;/q;-1;+2/p-1/b17-13+;;. The average molecular weight is 628 g/mol. The maximum absolute atomic E-state index is 12.0. The third kappa shape index (κ3) is 6.33. The van der Waals surface area contributed by atoms with Crippen molar-refractivity contribution in [3.63, 3.8) is 0 Å². The number of amides is 1. The van der Waals surface area contributed by atoms with E-state index in [1.54, 1.807) is 42.5 Å².